The maximum absolute atomic E-state index is 12.8. The van der Waals surface area contributed by atoms with Gasteiger partial charge in [0.05, 0.1) is 35.1 Å². The zero-order valence-corrected chi connectivity index (χ0v) is 19.1. The summed E-state index contributed by atoms with van der Waals surface area (Å²) < 4.78 is 51.8. The second kappa shape index (κ2) is 8.53. The van der Waals surface area contributed by atoms with Crippen LogP contribution in [0.25, 0.3) is 0 Å². The minimum absolute atomic E-state index is 0.0898. The Hall–Kier alpha value is -1.95. The van der Waals surface area contributed by atoms with Gasteiger partial charge in [-0.1, -0.05) is 29.8 Å². The van der Waals surface area contributed by atoms with Crippen molar-refractivity contribution in [2.75, 3.05) is 37.7 Å². The van der Waals surface area contributed by atoms with Crippen LogP contribution in [0, 0.1) is 0 Å². The first kappa shape index (κ1) is 22.3. The van der Waals surface area contributed by atoms with Crippen molar-refractivity contribution >= 4 is 37.4 Å². The van der Waals surface area contributed by atoms with E-state index in [2.05, 4.69) is 5.10 Å². The summed E-state index contributed by atoms with van der Waals surface area (Å²) in [6.45, 7) is 1.22. The minimum atomic E-state index is -3.69. The maximum atomic E-state index is 12.8. The number of amides is 1. The van der Waals surface area contributed by atoms with Crippen molar-refractivity contribution in [3.63, 3.8) is 0 Å². The van der Waals surface area contributed by atoms with Crippen molar-refractivity contribution in [1.29, 1.82) is 0 Å². The van der Waals surface area contributed by atoms with Crippen molar-refractivity contribution in [3.05, 3.63) is 52.8 Å². The molecule has 2 aliphatic rings. The number of halogens is 1. The Balaban J connectivity index is 1.37. The van der Waals surface area contributed by atoms with E-state index in [1.165, 1.54) is 10.5 Å². The Bertz CT molecular complexity index is 1190. The van der Waals surface area contributed by atoms with E-state index in [4.69, 9.17) is 11.6 Å². The van der Waals surface area contributed by atoms with Crippen LogP contribution in [0.4, 0.5) is 0 Å². The zero-order valence-electron chi connectivity index (χ0n) is 16.7. The fourth-order valence-corrected chi connectivity index (χ4v) is 8.60. The Morgan fingerprint density at radius 3 is 2.52 bits per heavy atom. The lowest BCUT2D eigenvalue weighted by molar-refractivity contribution is 0.0697. The van der Waals surface area contributed by atoms with E-state index < -0.39 is 25.1 Å². The molecule has 1 aromatic heterocycles. The average Bonchev–Trinajstić information content (AvgIpc) is 3.36. The molecule has 0 spiro atoms. The Morgan fingerprint density at radius 2 is 1.87 bits per heavy atom. The third-order valence-corrected chi connectivity index (χ3v) is 10.3. The monoisotopic (exact) mass is 486 g/mol. The van der Waals surface area contributed by atoms with Crippen LogP contribution in [0.1, 0.15) is 22.3 Å². The molecule has 2 fully saturated rings. The lowest BCUT2D eigenvalue weighted by atomic mass is 10.2. The highest BCUT2D eigenvalue weighted by Gasteiger charge is 2.41. The zero-order chi connectivity index (χ0) is 22.2. The minimum Gasteiger partial charge on any atom is -0.336 e. The molecule has 0 aliphatic carbocycles. The predicted molar refractivity (Wildman–Crippen MR) is 116 cm³/mol. The number of nitrogens with zero attached hydrogens (tertiary/aromatic N) is 4. The van der Waals surface area contributed by atoms with Crippen LogP contribution in [0.15, 0.2) is 36.7 Å². The van der Waals surface area contributed by atoms with Gasteiger partial charge in [0.25, 0.3) is 5.91 Å². The molecule has 0 N–H and O–H groups in total. The van der Waals surface area contributed by atoms with Crippen LogP contribution in [-0.2, 0) is 26.4 Å². The van der Waals surface area contributed by atoms with Gasteiger partial charge in [0.15, 0.2) is 9.84 Å². The summed E-state index contributed by atoms with van der Waals surface area (Å²) in [6, 6.07) is 7.41. The van der Waals surface area contributed by atoms with Gasteiger partial charge < -0.3 is 4.90 Å². The van der Waals surface area contributed by atoms with Gasteiger partial charge in [-0.15, -0.1) is 0 Å². The van der Waals surface area contributed by atoms with Crippen molar-refractivity contribution < 1.29 is 21.6 Å². The van der Waals surface area contributed by atoms with Gasteiger partial charge in [0.1, 0.15) is 0 Å². The molecule has 1 unspecified atom stereocenters. The number of rotatable bonds is 5. The van der Waals surface area contributed by atoms with Crippen LogP contribution in [0.2, 0.25) is 5.02 Å². The molecule has 2 aromatic rings. The molecule has 0 saturated carbocycles. The first-order valence-corrected chi connectivity index (χ1v) is 13.6. The van der Waals surface area contributed by atoms with Crippen LogP contribution in [-0.4, -0.2) is 84.7 Å². The van der Waals surface area contributed by atoms with E-state index in [9.17, 15) is 21.6 Å². The van der Waals surface area contributed by atoms with E-state index in [1.807, 2.05) is 18.2 Å². The third-order valence-electron chi connectivity index (χ3n) is 5.67. The fourth-order valence-electron chi connectivity index (χ4n) is 3.90. The van der Waals surface area contributed by atoms with Crippen LogP contribution in [0.5, 0.6) is 0 Å². The van der Waals surface area contributed by atoms with Gasteiger partial charge >= 0.3 is 0 Å². The predicted octanol–water partition coefficient (Wildman–Crippen LogP) is 0.859. The lowest BCUT2D eigenvalue weighted by Crippen LogP contribution is -2.52. The average molecular weight is 487 g/mol. The van der Waals surface area contributed by atoms with Crippen molar-refractivity contribution in [2.24, 2.45) is 0 Å². The number of hydrogen-bond donors (Lipinski definition) is 0. The molecule has 31 heavy (non-hydrogen) atoms. The van der Waals surface area contributed by atoms with Gasteiger partial charge in [0, 0.05) is 37.4 Å². The van der Waals surface area contributed by atoms with E-state index in [1.54, 1.807) is 21.8 Å². The molecule has 1 atom stereocenters. The number of sulfonamides is 1. The van der Waals surface area contributed by atoms with Crippen molar-refractivity contribution in [2.45, 2.75) is 18.2 Å². The summed E-state index contributed by atoms with van der Waals surface area (Å²) in [5.74, 6) is -0.627. The first-order chi connectivity index (χ1) is 14.7. The largest absolute Gasteiger partial charge is 0.336 e. The second-order valence-electron chi connectivity index (χ2n) is 7.78. The van der Waals surface area contributed by atoms with Gasteiger partial charge in [-0.05, 0) is 18.1 Å². The number of hydrogen-bond acceptors (Lipinski definition) is 6. The van der Waals surface area contributed by atoms with Crippen LogP contribution >= 0.6 is 11.6 Å². The van der Waals surface area contributed by atoms with E-state index >= 15 is 0 Å². The number of carbonyl (C=O) groups excluding carboxylic acids is 1. The molecule has 2 saturated heterocycles. The van der Waals surface area contributed by atoms with Gasteiger partial charge in [-0.25, -0.2) is 16.8 Å². The Kier molecular flexibility index (Phi) is 6.12. The molecule has 9 nitrogen and oxygen atoms in total. The SMILES string of the molecule is O=C(c1cnn(Cc2ccccc2Cl)c1)N1CCN(S(=O)(=O)C2CCS(=O)(=O)C2)CC1. The number of aromatic nitrogens is 2. The summed E-state index contributed by atoms with van der Waals surface area (Å²) >= 11 is 6.17. The van der Waals surface area contributed by atoms with E-state index in [-0.39, 0.29) is 50.0 Å². The number of benzene rings is 1. The topological polar surface area (TPSA) is 110 Å². The van der Waals surface area contributed by atoms with Crippen molar-refractivity contribution in [1.82, 2.24) is 19.0 Å². The summed E-state index contributed by atoms with van der Waals surface area (Å²) in [6.07, 6.45) is 3.28. The van der Waals surface area contributed by atoms with Crippen LogP contribution < -0.4 is 0 Å². The highest BCUT2D eigenvalue weighted by molar-refractivity contribution is 7.95. The summed E-state index contributed by atoms with van der Waals surface area (Å²) in [4.78, 5) is 14.4. The Morgan fingerprint density at radius 1 is 1.16 bits per heavy atom. The summed E-state index contributed by atoms with van der Waals surface area (Å²) in [5.41, 5.74) is 1.31. The molecule has 12 heteroatoms. The standard InChI is InChI=1S/C19H23ClN4O5S2/c20-18-4-2-1-3-15(18)12-23-13-16(11-21-23)19(25)22-6-8-24(9-7-22)31(28,29)17-5-10-30(26,27)14-17/h1-4,11,13,17H,5-10,12,14H2. The molecule has 3 heterocycles. The number of carbonyl (C=O) groups is 1. The molecular formula is C19H23ClN4O5S2. The molecule has 0 radical (unpaired) electrons. The normalized spacial score (nSPS) is 22.0. The molecule has 1 amide bonds. The lowest BCUT2D eigenvalue weighted by Gasteiger charge is -2.35. The molecule has 168 valence electrons. The molecule has 2 aliphatic heterocycles. The van der Waals surface area contributed by atoms with Gasteiger partial charge in [-0.2, -0.15) is 9.40 Å². The smallest absolute Gasteiger partial charge is 0.257 e. The highest BCUT2D eigenvalue weighted by atomic mass is 35.5. The summed E-state index contributed by atoms with van der Waals surface area (Å²) in [5, 5.41) is 3.97. The quantitative estimate of drug-likeness (QED) is 0.620. The molecule has 0 bridgehead atoms. The fraction of sp³-hybridized carbons (Fsp3) is 0.474. The van der Waals surface area contributed by atoms with Crippen LogP contribution in [0.3, 0.4) is 0 Å². The summed E-state index contributed by atoms with van der Waals surface area (Å²) in [7, 11) is -6.98. The molecule has 1 aromatic carbocycles. The number of piperazine rings is 1. The molecular weight excluding hydrogens is 464 g/mol. The maximum Gasteiger partial charge on any atom is 0.257 e. The first-order valence-electron chi connectivity index (χ1n) is 9.90. The van der Waals surface area contributed by atoms with E-state index in [0.29, 0.717) is 17.1 Å². The van der Waals surface area contributed by atoms with E-state index in [0.717, 1.165) is 5.56 Å². The third kappa shape index (κ3) is 4.79. The Labute approximate surface area is 186 Å². The van der Waals surface area contributed by atoms with Gasteiger partial charge in [0.2, 0.25) is 10.0 Å². The number of sulfone groups is 1. The van der Waals surface area contributed by atoms with Crippen molar-refractivity contribution in [3.8, 4) is 0 Å². The van der Waals surface area contributed by atoms with Gasteiger partial charge in [-0.3, -0.25) is 9.48 Å². The molecule has 4 rings (SSSR count). The highest BCUT2D eigenvalue weighted by Crippen LogP contribution is 2.23. The second-order valence-corrected chi connectivity index (χ2v) is 12.6.